The third-order valence-electron chi connectivity index (χ3n) is 3.86. The summed E-state index contributed by atoms with van der Waals surface area (Å²) in [7, 11) is 0. The van der Waals surface area contributed by atoms with Crippen molar-refractivity contribution in [1.82, 2.24) is 10.2 Å². The fourth-order valence-electron chi connectivity index (χ4n) is 2.73. The molecule has 0 aliphatic carbocycles. The Morgan fingerprint density at radius 2 is 1.86 bits per heavy atom. The van der Waals surface area contributed by atoms with E-state index in [0.29, 0.717) is 18.7 Å². The first-order chi connectivity index (χ1) is 9.87. The van der Waals surface area contributed by atoms with Crippen molar-refractivity contribution < 1.29 is 17.6 Å². The molecule has 1 atom stereocenters. The summed E-state index contributed by atoms with van der Waals surface area (Å²) in [5.41, 5.74) is 1.24. The first kappa shape index (κ1) is 19.2. The monoisotopic (exact) mass is 340 g/mol. The first-order valence-corrected chi connectivity index (χ1v) is 7.14. The number of nitrogens with one attached hydrogen (secondary N) is 1. The van der Waals surface area contributed by atoms with E-state index >= 15 is 0 Å². The van der Waals surface area contributed by atoms with Crippen LogP contribution >= 0.6 is 12.4 Å². The van der Waals surface area contributed by atoms with Crippen LogP contribution in [0.5, 0.6) is 0 Å². The Bertz CT molecular complexity index is 473. The van der Waals surface area contributed by atoms with Crippen LogP contribution in [0.2, 0.25) is 0 Å². The summed E-state index contributed by atoms with van der Waals surface area (Å²) in [4.78, 5) is 2.05. The lowest BCUT2D eigenvalue weighted by molar-refractivity contribution is -0.138. The van der Waals surface area contributed by atoms with Gasteiger partial charge in [0.2, 0.25) is 0 Å². The fraction of sp³-hybridized carbons (Fsp3) is 0.600. The lowest BCUT2D eigenvalue weighted by atomic mass is 9.97. The molecule has 0 unspecified atom stereocenters. The molecule has 2 nitrogen and oxygen atoms in total. The molecule has 1 heterocycles. The summed E-state index contributed by atoms with van der Waals surface area (Å²) < 4.78 is 51.0. The molecule has 0 aromatic heterocycles. The highest BCUT2D eigenvalue weighted by molar-refractivity contribution is 5.85. The van der Waals surface area contributed by atoms with Crippen molar-refractivity contribution in [3.05, 3.63) is 35.1 Å². The van der Waals surface area contributed by atoms with Crippen LogP contribution < -0.4 is 5.32 Å². The lowest BCUT2D eigenvalue weighted by Gasteiger charge is -2.35. The lowest BCUT2D eigenvalue weighted by Crippen LogP contribution is -2.45. The highest BCUT2D eigenvalue weighted by Gasteiger charge is 2.31. The van der Waals surface area contributed by atoms with Gasteiger partial charge in [-0.15, -0.1) is 12.4 Å². The zero-order chi connectivity index (χ0) is 15.5. The number of rotatable bonds is 4. The van der Waals surface area contributed by atoms with E-state index in [1.165, 1.54) is 6.07 Å². The SMILES string of the molecule is Cc1cc([C@@H](CCC(F)(F)F)N2CCNCC2)ccc1F.Cl. The average Bonchev–Trinajstić information content (AvgIpc) is 2.43. The second kappa shape index (κ2) is 8.13. The van der Waals surface area contributed by atoms with Crippen molar-refractivity contribution in [3.63, 3.8) is 0 Å². The van der Waals surface area contributed by atoms with Crippen molar-refractivity contribution in [2.45, 2.75) is 32.0 Å². The number of halogens is 5. The molecule has 0 saturated carbocycles. The largest absolute Gasteiger partial charge is 0.389 e. The van der Waals surface area contributed by atoms with E-state index in [-0.39, 0.29) is 30.7 Å². The molecule has 1 aromatic rings. The van der Waals surface area contributed by atoms with Gasteiger partial charge in [0.15, 0.2) is 0 Å². The standard InChI is InChI=1S/C15H20F4N2.ClH/c1-11-10-12(2-3-13(11)16)14(4-5-15(17,18)19)21-8-6-20-7-9-21;/h2-3,10,14,20H,4-9H2,1H3;1H/t14-;/m1./s1. The predicted molar refractivity (Wildman–Crippen MR) is 80.9 cm³/mol. The van der Waals surface area contributed by atoms with E-state index in [1.807, 2.05) is 0 Å². The summed E-state index contributed by atoms with van der Waals surface area (Å²) >= 11 is 0. The molecule has 1 aromatic carbocycles. The molecule has 126 valence electrons. The molecule has 1 aliphatic rings. The molecular formula is C15H21ClF4N2. The van der Waals surface area contributed by atoms with Gasteiger partial charge in [-0.2, -0.15) is 13.2 Å². The van der Waals surface area contributed by atoms with Crippen LogP contribution in [-0.2, 0) is 0 Å². The van der Waals surface area contributed by atoms with Gasteiger partial charge in [-0.1, -0.05) is 12.1 Å². The highest BCUT2D eigenvalue weighted by atomic mass is 35.5. The van der Waals surface area contributed by atoms with Crippen LogP contribution in [0, 0.1) is 12.7 Å². The van der Waals surface area contributed by atoms with Crippen LogP contribution in [0.1, 0.15) is 30.0 Å². The Labute approximate surface area is 134 Å². The minimum absolute atomic E-state index is 0. The average molecular weight is 341 g/mol. The molecule has 2 rings (SSSR count). The van der Waals surface area contributed by atoms with Gasteiger partial charge < -0.3 is 5.32 Å². The van der Waals surface area contributed by atoms with Crippen molar-refractivity contribution in [1.29, 1.82) is 0 Å². The third-order valence-corrected chi connectivity index (χ3v) is 3.86. The van der Waals surface area contributed by atoms with Crippen LogP contribution in [0.15, 0.2) is 18.2 Å². The second-order valence-electron chi connectivity index (χ2n) is 5.46. The molecule has 0 bridgehead atoms. The quantitative estimate of drug-likeness (QED) is 0.838. The Kier molecular flexibility index (Phi) is 7.09. The molecule has 22 heavy (non-hydrogen) atoms. The summed E-state index contributed by atoms with van der Waals surface area (Å²) in [5, 5.41) is 3.19. The molecule has 7 heteroatoms. The molecule has 1 fully saturated rings. The Hall–Kier alpha value is -0.850. The Morgan fingerprint density at radius 1 is 1.23 bits per heavy atom. The van der Waals surface area contributed by atoms with Gasteiger partial charge >= 0.3 is 6.18 Å². The van der Waals surface area contributed by atoms with Crippen molar-refractivity contribution in [2.24, 2.45) is 0 Å². The molecule has 1 saturated heterocycles. The molecule has 0 radical (unpaired) electrons. The maximum Gasteiger partial charge on any atom is 0.389 e. The smallest absolute Gasteiger partial charge is 0.314 e. The second-order valence-corrected chi connectivity index (χ2v) is 5.46. The van der Waals surface area contributed by atoms with Crippen LogP contribution in [0.25, 0.3) is 0 Å². The van der Waals surface area contributed by atoms with E-state index in [2.05, 4.69) is 10.2 Å². The van der Waals surface area contributed by atoms with E-state index < -0.39 is 12.6 Å². The maximum atomic E-state index is 13.4. The number of piperazine rings is 1. The zero-order valence-corrected chi connectivity index (χ0v) is 13.2. The van der Waals surface area contributed by atoms with Crippen LogP contribution in [-0.4, -0.2) is 37.3 Å². The Balaban J connectivity index is 0.00000242. The highest BCUT2D eigenvalue weighted by Crippen LogP contribution is 2.32. The van der Waals surface area contributed by atoms with E-state index in [4.69, 9.17) is 0 Å². The third kappa shape index (κ3) is 5.41. The van der Waals surface area contributed by atoms with Gasteiger partial charge in [0.05, 0.1) is 0 Å². The van der Waals surface area contributed by atoms with Gasteiger partial charge in [0.1, 0.15) is 5.82 Å². The van der Waals surface area contributed by atoms with Gasteiger partial charge in [0.25, 0.3) is 0 Å². The summed E-state index contributed by atoms with van der Waals surface area (Å²) in [6.45, 7) is 4.58. The maximum absolute atomic E-state index is 13.4. The zero-order valence-electron chi connectivity index (χ0n) is 12.4. The van der Waals surface area contributed by atoms with Crippen molar-refractivity contribution >= 4 is 12.4 Å². The number of nitrogens with zero attached hydrogens (tertiary/aromatic N) is 1. The van der Waals surface area contributed by atoms with Gasteiger partial charge in [0, 0.05) is 38.6 Å². The molecule has 1 aliphatic heterocycles. The summed E-state index contributed by atoms with van der Waals surface area (Å²) in [6, 6.07) is 4.30. The molecule has 1 N–H and O–H groups in total. The van der Waals surface area contributed by atoms with Gasteiger partial charge in [-0.05, 0) is 30.5 Å². The van der Waals surface area contributed by atoms with Gasteiger partial charge in [-0.3, -0.25) is 4.90 Å². The van der Waals surface area contributed by atoms with Crippen molar-refractivity contribution in [3.8, 4) is 0 Å². The number of benzene rings is 1. The van der Waals surface area contributed by atoms with Crippen molar-refractivity contribution in [2.75, 3.05) is 26.2 Å². The minimum Gasteiger partial charge on any atom is -0.314 e. The van der Waals surface area contributed by atoms with Crippen LogP contribution in [0.3, 0.4) is 0 Å². The normalized spacial score (nSPS) is 17.9. The molecule has 0 amide bonds. The molecular weight excluding hydrogens is 320 g/mol. The van der Waals surface area contributed by atoms with E-state index in [9.17, 15) is 17.6 Å². The van der Waals surface area contributed by atoms with Gasteiger partial charge in [-0.25, -0.2) is 4.39 Å². The number of hydrogen-bond acceptors (Lipinski definition) is 2. The minimum atomic E-state index is -4.17. The number of hydrogen-bond donors (Lipinski definition) is 1. The topological polar surface area (TPSA) is 15.3 Å². The summed E-state index contributed by atoms with van der Waals surface area (Å²) in [5.74, 6) is -0.325. The first-order valence-electron chi connectivity index (χ1n) is 7.14. The Morgan fingerprint density at radius 3 is 2.41 bits per heavy atom. The fourth-order valence-corrected chi connectivity index (χ4v) is 2.73. The van der Waals surface area contributed by atoms with E-state index in [1.54, 1.807) is 19.1 Å². The summed E-state index contributed by atoms with van der Waals surface area (Å²) in [6.07, 6.45) is -4.98. The number of alkyl halides is 3. The predicted octanol–water partition coefficient (Wildman–Crippen LogP) is 3.84. The van der Waals surface area contributed by atoms with E-state index in [0.717, 1.165) is 18.7 Å². The number of aryl methyl sites for hydroxylation is 1. The molecule has 0 spiro atoms. The van der Waals surface area contributed by atoms with Crippen LogP contribution in [0.4, 0.5) is 17.6 Å².